The number of nitrogens with two attached hydrogens (primary N) is 2. The van der Waals surface area contributed by atoms with E-state index < -0.39 is 59.9 Å². The number of nitrogens with one attached hydrogen (secondary N) is 4. The lowest BCUT2D eigenvalue weighted by molar-refractivity contribution is -0.143. The molecule has 1 aromatic carbocycles. The molecule has 1 heterocycles. The van der Waals surface area contributed by atoms with E-state index in [-0.39, 0.29) is 55.4 Å². The zero-order valence-electron chi connectivity index (χ0n) is 34.4. The first kappa shape index (κ1) is 49.5. The van der Waals surface area contributed by atoms with E-state index in [0.29, 0.717) is 63.2 Å². The Morgan fingerprint density at radius 1 is 0.914 bits per heavy atom. The van der Waals surface area contributed by atoms with Crippen LogP contribution in [-0.2, 0) is 35.2 Å². The Kier molecular flexibility index (Phi) is 21.9. The number of thioether (sulfide) groups is 1. The molecular weight excluding hydrogens is 771 g/mol. The number of aliphatic imine (C=N–C) groups is 1. The number of phenolic OH excluding ortho intramolecular Hbond substituents is 1. The Balaban J connectivity index is 2.13. The number of hydrogen-bond acceptors (Lipinski definition) is 11. The number of aliphatic carboxylic acids is 2. The SMILES string of the molecule is CC[C@H](C)[C@H](NC(=O)CN(CCc1ccc(O)cc1)C(=O)[C@@H]1CSCN1CCCC[C@H](NC(=O)[C@H](CCCN=C(N)N)NC)C(=O)O)C(=O)N[C@@H](CC(C)C)C(=O)O. The van der Waals surface area contributed by atoms with Crippen LogP contribution in [0, 0.1) is 11.8 Å². The van der Waals surface area contributed by atoms with E-state index in [2.05, 4.69) is 26.3 Å². The van der Waals surface area contributed by atoms with E-state index in [1.165, 1.54) is 4.90 Å². The van der Waals surface area contributed by atoms with Crippen LogP contribution in [0.4, 0.5) is 0 Å². The number of phenols is 1. The lowest BCUT2D eigenvalue weighted by Crippen LogP contribution is -2.56. The number of unbranched alkanes of at least 4 members (excludes halogenated alkanes) is 1. The minimum atomic E-state index is -1.17. The highest BCUT2D eigenvalue weighted by Gasteiger charge is 2.36. The van der Waals surface area contributed by atoms with Gasteiger partial charge in [0.25, 0.3) is 0 Å². The van der Waals surface area contributed by atoms with Gasteiger partial charge in [-0.05, 0) is 88.1 Å². The summed E-state index contributed by atoms with van der Waals surface area (Å²) in [7, 11) is 1.61. The van der Waals surface area contributed by atoms with Gasteiger partial charge in [0, 0.05) is 24.7 Å². The van der Waals surface area contributed by atoms with Crippen molar-refractivity contribution in [3.05, 3.63) is 29.8 Å². The van der Waals surface area contributed by atoms with E-state index in [0.717, 1.165) is 5.56 Å². The Bertz CT molecular complexity index is 1530. The topological polar surface area (TPSA) is 282 Å². The number of carboxylic acids is 2. The fourth-order valence-corrected chi connectivity index (χ4v) is 7.71. The average Bonchev–Trinajstić information content (AvgIpc) is 3.64. The second-order valence-corrected chi connectivity index (χ2v) is 16.1. The van der Waals surface area contributed by atoms with Gasteiger partial charge in [0.1, 0.15) is 23.9 Å². The number of nitrogens with zero attached hydrogens (tertiary/aromatic N) is 3. The maximum absolute atomic E-state index is 14.2. The molecule has 1 aliphatic rings. The van der Waals surface area contributed by atoms with E-state index in [4.69, 9.17) is 11.5 Å². The van der Waals surface area contributed by atoms with Crippen molar-refractivity contribution in [1.82, 2.24) is 31.1 Å². The lowest BCUT2D eigenvalue weighted by Gasteiger charge is -2.31. The fraction of sp³-hybridized carbons (Fsp3) is 0.667. The highest BCUT2D eigenvalue weighted by molar-refractivity contribution is 7.99. The zero-order chi connectivity index (χ0) is 43.4. The van der Waals surface area contributed by atoms with Crippen molar-refractivity contribution in [2.75, 3.05) is 44.9 Å². The Morgan fingerprint density at radius 2 is 1.55 bits per heavy atom. The van der Waals surface area contributed by atoms with Crippen LogP contribution in [0.2, 0.25) is 0 Å². The molecule has 326 valence electrons. The molecule has 19 heteroatoms. The Hall–Kier alpha value is -4.62. The normalized spacial score (nSPS) is 16.7. The molecule has 4 amide bonds. The largest absolute Gasteiger partial charge is 0.508 e. The van der Waals surface area contributed by atoms with Crippen LogP contribution in [0.15, 0.2) is 29.3 Å². The van der Waals surface area contributed by atoms with Gasteiger partial charge in [0.05, 0.1) is 18.6 Å². The number of benzene rings is 1. The number of carboxylic acid groups (broad SMARTS) is 2. The van der Waals surface area contributed by atoms with Gasteiger partial charge >= 0.3 is 11.9 Å². The van der Waals surface area contributed by atoms with Gasteiger partial charge in [0.2, 0.25) is 23.6 Å². The van der Waals surface area contributed by atoms with Crippen molar-refractivity contribution in [1.29, 1.82) is 0 Å². The molecule has 6 atom stereocenters. The first-order valence-electron chi connectivity index (χ1n) is 19.9. The van der Waals surface area contributed by atoms with Crippen LogP contribution in [0.5, 0.6) is 5.75 Å². The van der Waals surface area contributed by atoms with Crippen LogP contribution in [0.1, 0.15) is 78.2 Å². The van der Waals surface area contributed by atoms with Crippen molar-refractivity contribution in [3.8, 4) is 5.75 Å². The van der Waals surface area contributed by atoms with Crippen molar-refractivity contribution in [2.24, 2.45) is 28.3 Å². The molecule has 1 aromatic rings. The predicted octanol–water partition coefficient (Wildman–Crippen LogP) is 0.666. The maximum Gasteiger partial charge on any atom is 0.326 e. The highest BCUT2D eigenvalue weighted by Crippen LogP contribution is 2.24. The minimum absolute atomic E-state index is 0.00485. The van der Waals surface area contributed by atoms with Gasteiger partial charge in [-0.1, -0.05) is 46.2 Å². The van der Waals surface area contributed by atoms with Crippen LogP contribution >= 0.6 is 11.8 Å². The van der Waals surface area contributed by atoms with Gasteiger partial charge in [-0.25, -0.2) is 9.59 Å². The molecular formula is C39H65N9O9S. The van der Waals surface area contributed by atoms with Crippen LogP contribution in [0.25, 0.3) is 0 Å². The van der Waals surface area contributed by atoms with E-state index in [9.17, 15) is 44.1 Å². The summed E-state index contributed by atoms with van der Waals surface area (Å²) in [6, 6.07) is 2.10. The smallest absolute Gasteiger partial charge is 0.326 e. The van der Waals surface area contributed by atoms with Gasteiger partial charge in [-0.2, -0.15) is 0 Å². The molecule has 0 unspecified atom stereocenters. The molecule has 18 nitrogen and oxygen atoms in total. The number of likely N-dealkylation sites (N-methyl/N-ethyl adjacent to an activating group) is 1. The van der Waals surface area contributed by atoms with Crippen LogP contribution in [0.3, 0.4) is 0 Å². The third-order valence-electron chi connectivity index (χ3n) is 10.1. The number of carbonyl (C=O) groups excluding carboxylic acids is 4. The van der Waals surface area contributed by atoms with Crippen molar-refractivity contribution in [3.63, 3.8) is 0 Å². The molecule has 0 spiro atoms. The first-order valence-corrected chi connectivity index (χ1v) is 21.1. The summed E-state index contributed by atoms with van der Waals surface area (Å²) in [5.74, 6) is -3.46. The van der Waals surface area contributed by atoms with Crippen molar-refractivity contribution < 1.29 is 44.1 Å². The summed E-state index contributed by atoms with van der Waals surface area (Å²) in [4.78, 5) is 85.4. The highest BCUT2D eigenvalue weighted by atomic mass is 32.2. The molecule has 2 rings (SSSR count). The number of guanidine groups is 1. The van der Waals surface area contributed by atoms with Gasteiger partial charge in [-0.3, -0.25) is 29.1 Å². The van der Waals surface area contributed by atoms with Crippen molar-refractivity contribution >= 4 is 53.3 Å². The van der Waals surface area contributed by atoms with Gasteiger partial charge in [0.15, 0.2) is 5.96 Å². The second kappa shape index (κ2) is 25.7. The van der Waals surface area contributed by atoms with E-state index in [1.54, 1.807) is 50.0 Å². The van der Waals surface area contributed by atoms with E-state index in [1.807, 2.05) is 25.7 Å². The Labute approximate surface area is 345 Å². The average molecular weight is 836 g/mol. The summed E-state index contributed by atoms with van der Waals surface area (Å²) >= 11 is 1.57. The standard InChI is InChI=1S/C39H65N9O9S/c1-6-25(4)33(35(52)45-30(38(56)57)20-24(2)3)46-32(50)21-47(19-16-26-12-14-27(49)15-13-26)36(53)31-22-58-23-48(31)18-8-7-10-29(37(54)55)44-34(51)28(42-5)11-9-17-43-39(40)41/h12-15,24-25,28-31,33,42,49H,6-11,16-23H2,1-5H3,(H,44,51)(H,45,52)(H,46,50)(H,54,55)(H,56,57)(H4,40,41,43)/t25-,28-,29-,30-,31-,33-/m0/s1. The van der Waals surface area contributed by atoms with E-state index >= 15 is 0 Å². The van der Waals surface area contributed by atoms with Gasteiger partial charge in [-0.15, -0.1) is 11.8 Å². The molecule has 1 saturated heterocycles. The molecule has 0 saturated carbocycles. The molecule has 0 aromatic heterocycles. The summed E-state index contributed by atoms with van der Waals surface area (Å²) in [5.41, 5.74) is 11.5. The van der Waals surface area contributed by atoms with Crippen molar-refractivity contribution in [2.45, 2.75) is 109 Å². The predicted molar refractivity (Wildman–Crippen MR) is 223 cm³/mol. The molecule has 0 bridgehead atoms. The monoisotopic (exact) mass is 835 g/mol. The number of hydrogen-bond donors (Lipinski definition) is 9. The number of amides is 4. The molecule has 1 aliphatic heterocycles. The third kappa shape index (κ3) is 17.5. The fourth-order valence-electron chi connectivity index (χ4n) is 6.48. The van der Waals surface area contributed by atoms with Gasteiger partial charge < -0.3 is 53.0 Å². The summed E-state index contributed by atoms with van der Waals surface area (Å²) in [6.45, 7) is 7.99. The maximum atomic E-state index is 14.2. The quantitative estimate of drug-likeness (QED) is 0.0335. The molecule has 0 aliphatic carbocycles. The number of aromatic hydroxyl groups is 1. The number of carbonyl (C=O) groups is 6. The third-order valence-corrected chi connectivity index (χ3v) is 11.1. The van der Waals surface area contributed by atoms with Crippen LogP contribution in [-0.4, -0.2) is 142 Å². The summed E-state index contributed by atoms with van der Waals surface area (Å²) < 4.78 is 0. The lowest BCUT2D eigenvalue weighted by atomic mass is 9.97. The minimum Gasteiger partial charge on any atom is -0.508 e. The van der Waals surface area contributed by atoms with Crippen LogP contribution < -0.4 is 32.7 Å². The summed E-state index contributed by atoms with van der Waals surface area (Å²) in [6.07, 6.45) is 3.23. The molecule has 11 N–H and O–H groups in total. The number of rotatable bonds is 27. The zero-order valence-corrected chi connectivity index (χ0v) is 35.3. The molecule has 1 fully saturated rings. The molecule has 58 heavy (non-hydrogen) atoms. The first-order chi connectivity index (χ1) is 27.5. The molecule has 0 radical (unpaired) electrons. The summed E-state index contributed by atoms with van der Waals surface area (Å²) in [5, 5.41) is 40.2. The second-order valence-electron chi connectivity index (χ2n) is 15.1. The Morgan fingerprint density at radius 3 is 2.14 bits per heavy atom.